The molecular weight excluding hydrogens is 222 g/mol. The van der Waals surface area contributed by atoms with E-state index in [1.54, 1.807) is 0 Å². The number of rotatable bonds is 10. The summed E-state index contributed by atoms with van der Waals surface area (Å²) in [6.07, 6.45) is 4.02. The summed E-state index contributed by atoms with van der Waals surface area (Å²) in [6.45, 7) is 11.7. The molecule has 0 heterocycles. The Morgan fingerprint density at radius 2 is 1.78 bits per heavy atom. The van der Waals surface area contributed by atoms with Crippen molar-refractivity contribution in [2.45, 2.75) is 52.1 Å². The maximum atomic E-state index is 3.71. The molecule has 0 bridgehead atoms. The van der Waals surface area contributed by atoms with Crippen LogP contribution in [0.2, 0.25) is 0 Å². The van der Waals surface area contributed by atoms with Crippen LogP contribution in [0.25, 0.3) is 0 Å². The highest BCUT2D eigenvalue weighted by molar-refractivity contribution is 4.85. The van der Waals surface area contributed by atoms with E-state index in [0.29, 0.717) is 6.04 Å². The number of nitrogens with zero attached hydrogens (tertiary/aromatic N) is 2. The van der Waals surface area contributed by atoms with Gasteiger partial charge in [0.05, 0.1) is 0 Å². The minimum Gasteiger partial charge on any atom is -0.312 e. The Morgan fingerprint density at radius 1 is 1.11 bits per heavy atom. The maximum Gasteiger partial charge on any atom is 0.0244 e. The third-order valence-electron chi connectivity index (χ3n) is 3.78. The fourth-order valence-electron chi connectivity index (χ4n) is 2.42. The van der Waals surface area contributed by atoms with Gasteiger partial charge in [0.2, 0.25) is 0 Å². The monoisotopic (exact) mass is 255 g/mol. The lowest BCUT2D eigenvalue weighted by atomic mass is 10.0. The molecular formula is C15H33N3. The molecule has 1 atom stereocenters. The average molecular weight is 255 g/mol. The van der Waals surface area contributed by atoms with Gasteiger partial charge in [-0.15, -0.1) is 0 Å². The fraction of sp³-hybridized carbons (Fsp3) is 1.00. The summed E-state index contributed by atoms with van der Waals surface area (Å²) in [6, 6.07) is 1.51. The Labute approximate surface area is 114 Å². The van der Waals surface area contributed by atoms with Crippen LogP contribution in [0.5, 0.6) is 0 Å². The molecule has 0 aliphatic heterocycles. The van der Waals surface area contributed by atoms with Gasteiger partial charge in [0.15, 0.2) is 0 Å². The third kappa shape index (κ3) is 6.17. The van der Waals surface area contributed by atoms with E-state index in [9.17, 15) is 0 Å². The van der Waals surface area contributed by atoms with Crippen LogP contribution in [0.4, 0.5) is 0 Å². The predicted molar refractivity (Wildman–Crippen MR) is 80.1 cm³/mol. The summed E-state index contributed by atoms with van der Waals surface area (Å²) in [5.74, 6) is 0.727. The Morgan fingerprint density at radius 3 is 2.22 bits per heavy atom. The lowest BCUT2D eigenvalue weighted by Gasteiger charge is -2.35. The van der Waals surface area contributed by atoms with Gasteiger partial charge in [-0.05, 0) is 45.8 Å². The van der Waals surface area contributed by atoms with E-state index in [0.717, 1.165) is 25.0 Å². The normalized spacial score (nSPS) is 18.0. The Balaban J connectivity index is 2.45. The van der Waals surface area contributed by atoms with Crippen LogP contribution in [-0.4, -0.2) is 62.2 Å². The quantitative estimate of drug-likeness (QED) is 0.644. The molecule has 1 fully saturated rings. The Hall–Kier alpha value is -0.120. The van der Waals surface area contributed by atoms with Gasteiger partial charge in [0.1, 0.15) is 0 Å². The van der Waals surface area contributed by atoms with Gasteiger partial charge in [-0.25, -0.2) is 0 Å². The van der Waals surface area contributed by atoms with Crippen LogP contribution in [0.3, 0.4) is 0 Å². The Bertz CT molecular complexity index is 212. The number of nitrogens with one attached hydrogen (secondary N) is 1. The van der Waals surface area contributed by atoms with Crippen molar-refractivity contribution in [3.8, 4) is 0 Å². The first-order chi connectivity index (χ1) is 8.54. The smallest absolute Gasteiger partial charge is 0.0244 e. The molecule has 3 nitrogen and oxygen atoms in total. The lowest BCUT2D eigenvalue weighted by molar-refractivity contribution is 0.139. The molecule has 1 rings (SSSR count). The SMILES string of the molecule is CCCN(CCN(C)C)C(CNC1CC1)C(C)C. The first-order valence-corrected chi connectivity index (χ1v) is 7.66. The molecule has 0 aromatic heterocycles. The molecule has 0 spiro atoms. The van der Waals surface area contributed by atoms with E-state index < -0.39 is 0 Å². The summed E-state index contributed by atoms with van der Waals surface area (Å²) in [4.78, 5) is 4.97. The molecule has 108 valence electrons. The van der Waals surface area contributed by atoms with Gasteiger partial charge < -0.3 is 10.2 Å². The van der Waals surface area contributed by atoms with E-state index in [1.165, 1.54) is 32.4 Å². The first kappa shape index (κ1) is 15.9. The van der Waals surface area contributed by atoms with Crippen molar-refractivity contribution in [3.05, 3.63) is 0 Å². The molecule has 0 saturated heterocycles. The van der Waals surface area contributed by atoms with Crippen LogP contribution in [0, 0.1) is 5.92 Å². The molecule has 1 unspecified atom stereocenters. The van der Waals surface area contributed by atoms with Gasteiger partial charge in [0, 0.05) is 31.7 Å². The molecule has 3 heteroatoms. The number of hydrogen-bond acceptors (Lipinski definition) is 3. The van der Waals surface area contributed by atoms with E-state index in [2.05, 4.69) is 50.0 Å². The minimum atomic E-state index is 0.686. The summed E-state index contributed by atoms with van der Waals surface area (Å²) in [5, 5.41) is 3.71. The van der Waals surface area contributed by atoms with Crippen LogP contribution in [-0.2, 0) is 0 Å². The van der Waals surface area contributed by atoms with E-state index >= 15 is 0 Å². The molecule has 1 saturated carbocycles. The zero-order valence-corrected chi connectivity index (χ0v) is 13.1. The molecule has 0 radical (unpaired) electrons. The maximum absolute atomic E-state index is 3.71. The minimum absolute atomic E-state index is 0.686. The summed E-state index contributed by atoms with van der Waals surface area (Å²) >= 11 is 0. The fourth-order valence-corrected chi connectivity index (χ4v) is 2.42. The average Bonchev–Trinajstić information content (AvgIpc) is 3.09. The second kappa shape index (κ2) is 8.13. The summed E-state index contributed by atoms with van der Waals surface area (Å²) in [7, 11) is 4.33. The third-order valence-corrected chi connectivity index (χ3v) is 3.78. The van der Waals surface area contributed by atoms with Gasteiger partial charge in [-0.2, -0.15) is 0 Å². The molecule has 1 N–H and O–H groups in total. The Kier molecular flexibility index (Phi) is 7.20. The highest BCUT2D eigenvalue weighted by atomic mass is 15.2. The number of likely N-dealkylation sites (N-methyl/N-ethyl adjacent to an activating group) is 1. The topological polar surface area (TPSA) is 18.5 Å². The van der Waals surface area contributed by atoms with Crippen molar-refractivity contribution in [1.29, 1.82) is 0 Å². The van der Waals surface area contributed by atoms with Crippen molar-refractivity contribution in [1.82, 2.24) is 15.1 Å². The number of hydrogen-bond donors (Lipinski definition) is 1. The van der Waals surface area contributed by atoms with Crippen LogP contribution in [0.15, 0.2) is 0 Å². The molecule has 1 aliphatic rings. The van der Waals surface area contributed by atoms with Crippen LogP contribution < -0.4 is 5.32 Å². The highest BCUT2D eigenvalue weighted by Crippen LogP contribution is 2.20. The summed E-state index contributed by atoms with van der Waals surface area (Å²) in [5.41, 5.74) is 0. The standard InChI is InChI=1S/C15H33N3/c1-6-9-18(11-10-17(4)5)15(13(2)3)12-16-14-7-8-14/h13-16H,6-12H2,1-5H3. The predicted octanol–water partition coefficient (Wildman–Crippen LogP) is 2.04. The molecule has 0 aromatic carbocycles. The van der Waals surface area contributed by atoms with Crippen molar-refractivity contribution in [3.63, 3.8) is 0 Å². The van der Waals surface area contributed by atoms with Crippen molar-refractivity contribution in [2.24, 2.45) is 5.92 Å². The first-order valence-electron chi connectivity index (χ1n) is 7.66. The van der Waals surface area contributed by atoms with Crippen molar-refractivity contribution in [2.75, 3.05) is 40.3 Å². The second-order valence-corrected chi connectivity index (χ2v) is 6.33. The second-order valence-electron chi connectivity index (χ2n) is 6.33. The van der Waals surface area contributed by atoms with E-state index in [-0.39, 0.29) is 0 Å². The largest absolute Gasteiger partial charge is 0.312 e. The molecule has 18 heavy (non-hydrogen) atoms. The zero-order valence-electron chi connectivity index (χ0n) is 13.1. The van der Waals surface area contributed by atoms with Gasteiger partial charge >= 0.3 is 0 Å². The van der Waals surface area contributed by atoms with Crippen molar-refractivity contribution >= 4 is 0 Å². The van der Waals surface area contributed by atoms with Gasteiger partial charge in [-0.1, -0.05) is 20.8 Å². The van der Waals surface area contributed by atoms with E-state index in [4.69, 9.17) is 0 Å². The van der Waals surface area contributed by atoms with Gasteiger partial charge in [0.25, 0.3) is 0 Å². The van der Waals surface area contributed by atoms with Gasteiger partial charge in [-0.3, -0.25) is 4.90 Å². The molecule has 0 amide bonds. The summed E-state index contributed by atoms with van der Waals surface area (Å²) < 4.78 is 0. The highest BCUT2D eigenvalue weighted by Gasteiger charge is 2.25. The van der Waals surface area contributed by atoms with Crippen molar-refractivity contribution < 1.29 is 0 Å². The van der Waals surface area contributed by atoms with Crippen LogP contribution >= 0.6 is 0 Å². The zero-order chi connectivity index (χ0) is 13.5. The lowest BCUT2D eigenvalue weighted by Crippen LogP contribution is -2.48. The molecule has 1 aliphatic carbocycles. The van der Waals surface area contributed by atoms with E-state index in [1.807, 2.05) is 0 Å². The van der Waals surface area contributed by atoms with Crippen LogP contribution in [0.1, 0.15) is 40.0 Å². The molecule has 0 aromatic rings.